The Balaban J connectivity index is 2.47. The first-order valence-corrected chi connectivity index (χ1v) is 8.16. The molecule has 9 heteroatoms. The number of urea groups is 1. The van der Waals surface area contributed by atoms with E-state index in [9.17, 15) is 19.2 Å². The number of benzene rings is 1. The van der Waals surface area contributed by atoms with Gasteiger partial charge in [-0.25, -0.2) is 4.79 Å². The van der Waals surface area contributed by atoms with Gasteiger partial charge in [0.25, 0.3) is 0 Å². The number of hydrogen-bond donors (Lipinski definition) is 4. The minimum Gasteiger partial charge on any atom is -0.480 e. The molecule has 26 heavy (non-hydrogen) atoms. The fourth-order valence-electron chi connectivity index (χ4n) is 2.15. The average Bonchev–Trinajstić information content (AvgIpc) is 2.57. The molecule has 0 saturated carbocycles. The number of carbonyl (C=O) groups excluding carboxylic acids is 3. The Hall–Kier alpha value is -2.94. The van der Waals surface area contributed by atoms with Crippen LogP contribution in [0.25, 0.3) is 0 Å². The maximum absolute atomic E-state index is 11.9. The SMILES string of the molecule is CC(=O)NCCN(CCC(=O)NC(=O)Nc1ccccc1)C(C)C(=O)O. The van der Waals surface area contributed by atoms with Crippen LogP contribution in [0.1, 0.15) is 20.3 Å². The fourth-order valence-corrected chi connectivity index (χ4v) is 2.15. The van der Waals surface area contributed by atoms with Gasteiger partial charge >= 0.3 is 12.0 Å². The third kappa shape index (κ3) is 8.25. The van der Waals surface area contributed by atoms with Crippen LogP contribution in [-0.2, 0) is 14.4 Å². The van der Waals surface area contributed by atoms with Crippen LogP contribution in [0.15, 0.2) is 30.3 Å². The second kappa shape index (κ2) is 10.8. The molecule has 4 N–H and O–H groups in total. The predicted octanol–water partition coefficient (Wildman–Crippen LogP) is 0.636. The van der Waals surface area contributed by atoms with E-state index < -0.39 is 23.9 Å². The van der Waals surface area contributed by atoms with Crippen molar-refractivity contribution in [2.45, 2.75) is 26.3 Å². The van der Waals surface area contributed by atoms with E-state index in [1.165, 1.54) is 13.8 Å². The molecule has 1 aromatic carbocycles. The van der Waals surface area contributed by atoms with Gasteiger partial charge in [0, 0.05) is 38.7 Å². The summed E-state index contributed by atoms with van der Waals surface area (Å²) in [5, 5.41) is 16.4. The lowest BCUT2D eigenvalue weighted by Gasteiger charge is -2.25. The van der Waals surface area contributed by atoms with Gasteiger partial charge in [0.2, 0.25) is 11.8 Å². The first-order chi connectivity index (χ1) is 12.3. The number of amides is 4. The number of para-hydroxylation sites is 1. The van der Waals surface area contributed by atoms with Crippen molar-refractivity contribution in [2.24, 2.45) is 0 Å². The Bertz CT molecular complexity index is 635. The molecule has 1 atom stereocenters. The van der Waals surface area contributed by atoms with E-state index in [2.05, 4.69) is 16.0 Å². The minimum absolute atomic E-state index is 0.0557. The maximum atomic E-state index is 11.9. The standard InChI is InChI=1S/C17H24N4O5/c1-12(16(24)25)21(11-9-18-13(2)22)10-8-15(23)20-17(26)19-14-6-4-3-5-7-14/h3-7,12H,8-11H2,1-2H3,(H,18,22)(H,24,25)(H2,19,20,23,26). The summed E-state index contributed by atoms with van der Waals surface area (Å²) in [5.74, 6) is -1.78. The molecule has 0 fully saturated rings. The largest absolute Gasteiger partial charge is 0.480 e. The number of nitrogens with zero attached hydrogens (tertiary/aromatic N) is 1. The molecule has 1 aromatic rings. The van der Waals surface area contributed by atoms with Gasteiger partial charge in [-0.3, -0.25) is 24.6 Å². The molecule has 0 spiro atoms. The highest BCUT2D eigenvalue weighted by atomic mass is 16.4. The van der Waals surface area contributed by atoms with E-state index >= 15 is 0 Å². The molecule has 0 aliphatic rings. The summed E-state index contributed by atoms with van der Waals surface area (Å²) in [5.41, 5.74) is 0.550. The summed E-state index contributed by atoms with van der Waals surface area (Å²) in [7, 11) is 0. The number of anilines is 1. The van der Waals surface area contributed by atoms with Crippen molar-refractivity contribution in [2.75, 3.05) is 25.0 Å². The van der Waals surface area contributed by atoms with Gasteiger partial charge in [-0.15, -0.1) is 0 Å². The summed E-state index contributed by atoms with van der Waals surface area (Å²) in [4.78, 5) is 47.3. The van der Waals surface area contributed by atoms with E-state index in [0.717, 1.165) is 0 Å². The zero-order chi connectivity index (χ0) is 19.5. The summed E-state index contributed by atoms with van der Waals surface area (Å²) in [6, 6.07) is 7.18. The summed E-state index contributed by atoms with van der Waals surface area (Å²) < 4.78 is 0. The summed E-state index contributed by atoms with van der Waals surface area (Å²) >= 11 is 0. The van der Waals surface area contributed by atoms with E-state index in [1.54, 1.807) is 35.2 Å². The molecule has 0 aliphatic heterocycles. The fraction of sp³-hybridized carbons (Fsp3) is 0.412. The number of carboxylic acids is 1. The third-order valence-corrected chi connectivity index (χ3v) is 3.59. The van der Waals surface area contributed by atoms with Crippen molar-refractivity contribution < 1.29 is 24.3 Å². The molecule has 4 amide bonds. The lowest BCUT2D eigenvalue weighted by Crippen LogP contribution is -2.45. The van der Waals surface area contributed by atoms with Crippen LogP contribution >= 0.6 is 0 Å². The Labute approximate surface area is 151 Å². The van der Waals surface area contributed by atoms with E-state index in [4.69, 9.17) is 5.11 Å². The minimum atomic E-state index is -1.03. The van der Waals surface area contributed by atoms with Gasteiger partial charge in [0.05, 0.1) is 0 Å². The highest BCUT2D eigenvalue weighted by molar-refractivity contribution is 6.01. The molecule has 0 aromatic heterocycles. The van der Waals surface area contributed by atoms with Crippen LogP contribution < -0.4 is 16.0 Å². The molecule has 0 radical (unpaired) electrons. The molecule has 1 unspecified atom stereocenters. The quantitative estimate of drug-likeness (QED) is 0.509. The third-order valence-electron chi connectivity index (χ3n) is 3.59. The molecule has 142 valence electrons. The van der Waals surface area contributed by atoms with E-state index in [-0.39, 0.29) is 32.0 Å². The van der Waals surface area contributed by atoms with Crippen LogP contribution in [0.2, 0.25) is 0 Å². The summed E-state index contributed by atoms with van der Waals surface area (Å²) in [6.45, 7) is 3.54. The van der Waals surface area contributed by atoms with Crippen LogP contribution in [0.3, 0.4) is 0 Å². The van der Waals surface area contributed by atoms with Crippen LogP contribution in [0.5, 0.6) is 0 Å². The predicted molar refractivity (Wildman–Crippen MR) is 95.6 cm³/mol. The normalized spacial score (nSPS) is 11.5. The zero-order valence-electron chi connectivity index (χ0n) is 14.8. The van der Waals surface area contributed by atoms with E-state index in [0.29, 0.717) is 5.69 Å². The Morgan fingerprint density at radius 3 is 2.35 bits per heavy atom. The van der Waals surface area contributed by atoms with Gasteiger partial charge in [-0.05, 0) is 19.1 Å². The van der Waals surface area contributed by atoms with Crippen LogP contribution in [-0.4, -0.2) is 59.5 Å². The highest BCUT2D eigenvalue weighted by Gasteiger charge is 2.21. The number of nitrogens with one attached hydrogen (secondary N) is 3. The van der Waals surface area contributed by atoms with Gasteiger partial charge in [-0.2, -0.15) is 0 Å². The van der Waals surface area contributed by atoms with Crippen molar-refractivity contribution in [3.63, 3.8) is 0 Å². The van der Waals surface area contributed by atoms with Gasteiger partial charge in [0.1, 0.15) is 6.04 Å². The second-order valence-corrected chi connectivity index (χ2v) is 5.65. The molecule has 1 rings (SSSR count). The first-order valence-electron chi connectivity index (χ1n) is 8.16. The van der Waals surface area contributed by atoms with Crippen molar-refractivity contribution >= 4 is 29.5 Å². The van der Waals surface area contributed by atoms with Gasteiger partial charge in [0.15, 0.2) is 0 Å². The first kappa shape index (κ1) is 21.1. The van der Waals surface area contributed by atoms with Crippen molar-refractivity contribution in [1.82, 2.24) is 15.5 Å². The molecular formula is C17H24N4O5. The zero-order valence-corrected chi connectivity index (χ0v) is 14.8. The van der Waals surface area contributed by atoms with Gasteiger partial charge < -0.3 is 15.7 Å². The Kier molecular flexibility index (Phi) is 8.79. The summed E-state index contributed by atoms with van der Waals surface area (Å²) in [6.07, 6.45) is -0.0557. The lowest BCUT2D eigenvalue weighted by atomic mass is 10.2. The van der Waals surface area contributed by atoms with Crippen molar-refractivity contribution in [3.05, 3.63) is 30.3 Å². The van der Waals surface area contributed by atoms with Crippen LogP contribution in [0.4, 0.5) is 10.5 Å². The molecule has 0 aliphatic carbocycles. The topological polar surface area (TPSA) is 128 Å². The molecule has 0 bridgehead atoms. The van der Waals surface area contributed by atoms with E-state index in [1.807, 2.05) is 0 Å². The number of hydrogen-bond acceptors (Lipinski definition) is 5. The molecule has 0 heterocycles. The Morgan fingerprint density at radius 1 is 1.12 bits per heavy atom. The second-order valence-electron chi connectivity index (χ2n) is 5.65. The maximum Gasteiger partial charge on any atom is 0.325 e. The smallest absolute Gasteiger partial charge is 0.325 e. The van der Waals surface area contributed by atoms with Crippen molar-refractivity contribution in [3.8, 4) is 0 Å². The molecule has 9 nitrogen and oxygen atoms in total. The highest BCUT2D eigenvalue weighted by Crippen LogP contribution is 2.04. The molecule has 0 saturated heterocycles. The Morgan fingerprint density at radius 2 is 1.77 bits per heavy atom. The number of imide groups is 1. The number of carbonyl (C=O) groups is 4. The van der Waals surface area contributed by atoms with Gasteiger partial charge in [-0.1, -0.05) is 18.2 Å². The number of carboxylic acid groups (broad SMARTS) is 1. The monoisotopic (exact) mass is 364 g/mol. The lowest BCUT2D eigenvalue weighted by molar-refractivity contribution is -0.143. The van der Waals surface area contributed by atoms with Crippen LogP contribution in [0, 0.1) is 0 Å². The number of aliphatic carboxylic acids is 1. The van der Waals surface area contributed by atoms with Crippen molar-refractivity contribution in [1.29, 1.82) is 0 Å². The molecular weight excluding hydrogens is 340 g/mol. The average molecular weight is 364 g/mol. The number of rotatable bonds is 9.